The van der Waals surface area contributed by atoms with Gasteiger partial charge < -0.3 is 11.5 Å². The van der Waals surface area contributed by atoms with E-state index in [1.165, 1.54) is 0 Å². The second-order valence-corrected chi connectivity index (χ2v) is 4.72. The minimum Gasteiger partial charge on any atom is -0.402 e. The number of aromatic nitrogens is 1. The highest BCUT2D eigenvalue weighted by Gasteiger charge is 2.05. The van der Waals surface area contributed by atoms with E-state index >= 15 is 0 Å². The summed E-state index contributed by atoms with van der Waals surface area (Å²) in [7, 11) is 0. The summed E-state index contributed by atoms with van der Waals surface area (Å²) in [5.41, 5.74) is 13.0. The van der Waals surface area contributed by atoms with Gasteiger partial charge in [0.15, 0.2) is 5.82 Å². The minimum absolute atomic E-state index is 0.302. The highest BCUT2D eigenvalue weighted by molar-refractivity contribution is 6.34. The first kappa shape index (κ1) is 13.4. The number of fused-ring (bicyclic) bond motifs is 1. The van der Waals surface area contributed by atoms with Crippen molar-refractivity contribution in [2.75, 3.05) is 0 Å². The first-order valence-electron chi connectivity index (χ1n) is 5.81. The van der Waals surface area contributed by atoms with E-state index in [9.17, 15) is 0 Å². The Balaban J connectivity index is 2.58. The zero-order valence-corrected chi connectivity index (χ0v) is 11.6. The third kappa shape index (κ3) is 3.03. The highest BCUT2D eigenvalue weighted by atomic mass is 35.5. The third-order valence-corrected chi connectivity index (χ3v) is 2.94. The lowest BCUT2D eigenvalue weighted by atomic mass is 10.1. The lowest BCUT2D eigenvalue weighted by Crippen LogP contribution is -2.10. The molecule has 0 amide bonds. The van der Waals surface area contributed by atoms with Crippen molar-refractivity contribution in [1.82, 2.24) is 4.98 Å². The van der Waals surface area contributed by atoms with Gasteiger partial charge in [-0.3, -0.25) is 0 Å². The van der Waals surface area contributed by atoms with Crippen LogP contribution in [0.5, 0.6) is 0 Å². The van der Waals surface area contributed by atoms with E-state index in [-0.39, 0.29) is 0 Å². The van der Waals surface area contributed by atoms with Gasteiger partial charge in [0.25, 0.3) is 0 Å². The molecule has 5 heteroatoms. The summed E-state index contributed by atoms with van der Waals surface area (Å²) in [5.74, 6) is 0.776. The molecule has 0 saturated carbocycles. The van der Waals surface area contributed by atoms with Crippen LogP contribution in [0, 0.1) is 6.92 Å². The minimum atomic E-state index is 0.302. The SMILES string of the molecule is C/C(N)=C/C(N)=N\c1cc2c(C)cccc2c(Cl)n1. The number of aliphatic imine (C=N–C) groups is 1. The van der Waals surface area contributed by atoms with Crippen molar-refractivity contribution in [2.45, 2.75) is 13.8 Å². The number of nitrogens with zero attached hydrogens (tertiary/aromatic N) is 2. The second kappa shape index (κ2) is 5.28. The van der Waals surface area contributed by atoms with Crippen molar-refractivity contribution in [1.29, 1.82) is 0 Å². The number of rotatable bonds is 2. The first-order chi connectivity index (χ1) is 8.97. The van der Waals surface area contributed by atoms with E-state index in [1.54, 1.807) is 13.0 Å². The molecule has 2 aromatic rings. The maximum absolute atomic E-state index is 6.16. The van der Waals surface area contributed by atoms with Crippen molar-refractivity contribution in [3.8, 4) is 0 Å². The van der Waals surface area contributed by atoms with E-state index in [1.807, 2.05) is 31.2 Å². The molecule has 0 aliphatic heterocycles. The van der Waals surface area contributed by atoms with E-state index in [0.717, 1.165) is 16.3 Å². The standard InChI is InChI=1S/C14H15ClN4/c1-8-4-3-5-10-11(8)7-13(19-14(10)15)18-12(17)6-9(2)16/h3-7H,16H2,1-2H3,(H2,17,18,19)/b9-6-. The van der Waals surface area contributed by atoms with Crippen molar-refractivity contribution in [2.24, 2.45) is 16.5 Å². The molecule has 0 aliphatic rings. The average Bonchev–Trinajstić information content (AvgIpc) is 2.29. The summed E-state index contributed by atoms with van der Waals surface area (Å²) in [6.45, 7) is 3.76. The van der Waals surface area contributed by atoms with Gasteiger partial charge in [-0.15, -0.1) is 0 Å². The van der Waals surface area contributed by atoms with Crippen LogP contribution in [0.2, 0.25) is 5.15 Å². The van der Waals surface area contributed by atoms with E-state index in [0.29, 0.717) is 22.5 Å². The Labute approximate surface area is 116 Å². The van der Waals surface area contributed by atoms with Gasteiger partial charge in [0.05, 0.1) is 0 Å². The Morgan fingerprint density at radius 1 is 1.32 bits per heavy atom. The Morgan fingerprint density at radius 2 is 2.05 bits per heavy atom. The Bertz CT molecular complexity index is 685. The van der Waals surface area contributed by atoms with E-state index in [4.69, 9.17) is 23.1 Å². The number of halogens is 1. The van der Waals surface area contributed by atoms with Gasteiger partial charge in [0, 0.05) is 11.1 Å². The number of hydrogen-bond donors (Lipinski definition) is 2. The fraction of sp³-hybridized carbons (Fsp3) is 0.143. The van der Waals surface area contributed by atoms with Crippen molar-refractivity contribution < 1.29 is 0 Å². The van der Waals surface area contributed by atoms with E-state index < -0.39 is 0 Å². The number of benzene rings is 1. The zero-order chi connectivity index (χ0) is 14.0. The quantitative estimate of drug-likeness (QED) is 0.502. The average molecular weight is 275 g/mol. The third-order valence-electron chi connectivity index (χ3n) is 2.65. The van der Waals surface area contributed by atoms with Gasteiger partial charge >= 0.3 is 0 Å². The van der Waals surface area contributed by atoms with Gasteiger partial charge in [-0.25, -0.2) is 9.98 Å². The van der Waals surface area contributed by atoms with Crippen LogP contribution in [0.1, 0.15) is 12.5 Å². The second-order valence-electron chi connectivity index (χ2n) is 4.37. The zero-order valence-electron chi connectivity index (χ0n) is 10.8. The predicted octanol–water partition coefficient (Wildman–Crippen LogP) is 3.05. The van der Waals surface area contributed by atoms with Crippen molar-refractivity contribution in [3.63, 3.8) is 0 Å². The number of aryl methyl sites for hydroxylation is 1. The Kier molecular flexibility index (Phi) is 3.71. The van der Waals surface area contributed by atoms with Gasteiger partial charge in [0.2, 0.25) is 0 Å². The molecule has 4 N–H and O–H groups in total. The number of nitrogens with two attached hydrogens (primary N) is 2. The number of hydrogen-bond acceptors (Lipinski definition) is 3. The fourth-order valence-electron chi connectivity index (χ4n) is 1.83. The molecule has 0 spiro atoms. The van der Waals surface area contributed by atoms with Crippen LogP contribution >= 0.6 is 11.6 Å². The molecule has 0 saturated heterocycles. The monoisotopic (exact) mass is 274 g/mol. The molecule has 0 fully saturated rings. The number of pyridine rings is 1. The van der Waals surface area contributed by atoms with Crippen LogP contribution < -0.4 is 11.5 Å². The van der Waals surface area contributed by atoms with Crippen LogP contribution in [-0.2, 0) is 0 Å². The summed E-state index contributed by atoms with van der Waals surface area (Å²) >= 11 is 6.16. The molecular weight excluding hydrogens is 260 g/mol. The van der Waals surface area contributed by atoms with Gasteiger partial charge in [-0.05, 0) is 36.9 Å². The topological polar surface area (TPSA) is 77.3 Å². The van der Waals surface area contributed by atoms with Crippen LogP contribution in [0.15, 0.2) is 41.0 Å². The molecule has 1 aromatic carbocycles. The van der Waals surface area contributed by atoms with Gasteiger partial charge in [-0.2, -0.15) is 0 Å². The molecule has 0 radical (unpaired) electrons. The molecule has 4 nitrogen and oxygen atoms in total. The molecule has 19 heavy (non-hydrogen) atoms. The highest BCUT2D eigenvalue weighted by Crippen LogP contribution is 2.28. The fourth-order valence-corrected chi connectivity index (χ4v) is 2.08. The summed E-state index contributed by atoms with van der Waals surface area (Å²) in [6, 6.07) is 7.75. The van der Waals surface area contributed by atoms with Crippen molar-refractivity contribution >= 4 is 34.0 Å². The maximum atomic E-state index is 6.16. The molecule has 0 aliphatic carbocycles. The van der Waals surface area contributed by atoms with Crippen LogP contribution in [0.4, 0.5) is 5.82 Å². The summed E-state index contributed by atoms with van der Waals surface area (Å²) < 4.78 is 0. The smallest absolute Gasteiger partial charge is 0.156 e. The Hall–Kier alpha value is -2.07. The van der Waals surface area contributed by atoms with Crippen LogP contribution in [0.3, 0.4) is 0 Å². The molecule has 2 rings (SSSR count). The number of amidine groups is 1. The lowest BCUT2D eigenvalue weighted by Gasteiger charge is -2.05. The largest absolute Gasteiger partial charge is 0.402 e. The van der Waals surface area contributed by atoms with Crippen LogP contribution in [0.25, 0.3) is 10.8 Å². The number of allylic oxidation sites excluding steroid dienone is 1. The molecule has 0 unspecified atom stereocenters. The van der Waals surface area contributed by atoms with E-state index in [2.05, 4.69) is 9.98 Å². The maximum Gasteiger partial charge on any atom is 0.156 e. The molecule has 0 atom stereocenters. The molecule has 0 bridgehead atoms. The summed E-state index contributed by atoms with van der Waals surface area (Å²) in [6.07, 6.45) is 1.58. The summed E-state index contributed by atoms with van der Waals surface area (Å²) in [5, 5.41) is 2.34. The van der Waals surface area contributed by atoms with Gasteiger partial charge in [-0.1, -0.05) is 29.8 Å². The lowest BCUT2D eigenvalue weighted by molar-refractivity contribution is 1.27. The first-order valence-corrected chi connectivity index (χ1v) is 6.19. The van der Waals surface area contributed by atoms with Crippen LogP contribution in [-0.4, -0.2) is 10.8 Å². The molecule has 98 valence electrons. The Morgan fingerprint density at radius 3 is 2.74 bits per heavy atom. The summed E-state index contributed by atoms with van der Waals surface area (Å²) in [4.78, 5) is 8.41. The molecule has 1 aromatic heterocycles. The normalized spacial score (nSPS) is 13.0. The van der Waals surface area contributed by atoms with Crippen molar-refractivity contribution in [3.05, 3.63) is 46.8 Å². The molecule has 1 heterocycles. The van der Waals surface area contributed by atoms with Gasteiger partial charge in [0.1, 0.15) is 11.0 Å². The predicted molar refractivity (Wildman–Crippen MR) is 80.7 cm³/mol. The molecular formula is C14H15ClN4.